The molecule has 3 atom stereocenters. The molecule has 0 aromatic rings. The molecule has 2 N–H and O–H groups in total. The molecule has 106 valence electrons. The highest BCUT2D eigenvalue weighted by atomic mass is 16.3. The first-order chi connectivity index (χ1) is 8.65. The zero-order valence-corrected chi connectivity index (χ0v) is 12.1. The lowest BCUT2D eigenvalue weighted by Crippen LogP contribution is -2.47. The summed E-state index contributed by atoms with van der Waals surface area (Å²) < 4.78 is 0. The molecule has 0 aromatic carbocycles. The Morgan fingerprint density at radius 3 is 2.61 bits per heavy atom. The van der Waals surface area contributed by atoms with Crippen LogP contribution in [0.4, 0.5) is 0 Å². The van der Waals surface area contributed by atoms with E-state index in [0.29, 0.717) is 6.04 Å². The quantitative estimate of drug-likeness (QED) is 0.786. The van der Waals surface area contributed by atoms with Crippen LogP contribution in [0.15, 0.2) is 0 Å². The predicted molar refractivity (Wildman–Crippen MR) is 75.7 cm³/mol. The second kappa shape index (κ2) is 6.88. The first-order valence-electron chi connectivity index (χ1n) is 7.79. The Hall–Kier alpha value is -0.120. The molecule has 0 amide bonds. The number of hydrogen-bond donors (Lipinski definition) is 2. The van der Waals surface area contributed by atoms with Crippen molar-refractivity contribution in [2.24, 2.45) is 11.8 Å². The van der Waals surface area contributed by atoms with Crippen molar-refractivity contribution in [3.63, 3.8) is 0 Å². The highest BCUT2D eigenvalue weighted by Gasteiger charge is 2.31. The molecule has 0 spiro atoms. The Bertz CT molecular complexity index is 245. The van der Waals surface area contributed by atoms with Crippen molar-refractivity contribution < 1.29 is 5.11 Å². The molecule has 3 nitrogen and oxygen atoms in total. The van der Waals surface area contributed by atoms with Gasteiger partial charge in [0, 0.05) is 25.7 Å². The Labute approximate surface area is 112 Å². The predicted octanol–water partition coefficient (Wildman–Crippen LogP) is 1.86. The molecule has 0 aromatic heterocycles. The molecular weight excluding hydrogens is 224 g/mol. The zero-order valence-electron chi connectivity index (χ0n) is 12.1. The summed E-state index contributed by atoms with van der Waals surface area (Å²) in [6, 6.07) is 0.462. The average Bonchev–Trinajstić information content (AvgIpc) is 2.36. The van der Waals surface area contributed by atoms with Gasteiger partial charge in [-0.1, -0.05) is 33.1 Å². The van der Waals surface area contributed by atoms with Crippen LogP contribution in [0.5, 0.6) is 0 Å². The molecule has 1 saturated heterocycles. The maximum absolute atomic E-state index is 10.0. The summed E-state index contributed by atoms with van der Waals surface area (Å²) in [6.07, 6.45) is 6.88. The summed E-state index contributed by atoms with van der Waals surface area (Å²) in [6.45, 7) is 8.25. The van der Waals surface area contributed by atoms with E-state index in [2.05, 4.69) is 24.1 Å². The number of nitrogens with one attached hydrogen (secondary N) is 1. The molecule has 1 aliphatic heterocycles. The average molecular weight is 254 g/mol. The van der Waals surface area contributed by atoms with Crippen molar-refractivity contribution in [2.75, 3.05) is 26.2 Å². The van der Waals surface area contributed by atoms with Gasteiger partial charge in [0.15, 0.2) is 0 Å². The second-order valence-electron chi connectivity index (χ2n) is 6.57. The maximum atomic E-state index is 10.0. The van der Waals surface area contributed by atoms with Gasteiger partial charge in [0.2, 0.25) is 0 Å². The standard InChI is InChI=1S/C15H30N2O/c1-12(2)16-9-15(18)11-17-8-7-13-5-3-4-6-14(13)10-17/h12-16,18H,3-11H2,1-2H3. The molecule has 1 aliphatic carbocycles. The topological polar surface area (TPSA) is 35.5 Å². The number of rotatable bonds is 5. The lowest BCUT2D eigenvalue weighted by molar-refractivity contribution is 0.0458. The van der Waals surface area contributed by atoms with Gasteiger partial charge in [-0.05, 0) is 31.2 Å². The molecule has 0 radical (unpaired) electrons. The molecule has 2 rings (SSSR count). The summed E-state index contributed by atoms with van der Waals surface area (Å²) in [5.41, 5.74) is 0. The third-order valence-corrected chi connectivity index (χ3v) is 4.61. The number of fused-ring (bicyclic) bond motifs is 1. The third-order valence-electron chi connectivity index (χ3n) is 4.61. The minimum absolute atomic E-state index is 0.215. The number of β-amino-alcohol motifs (C(OH)–C–C–N with tert-alkyl or cyclic N) is 1. The third kappa shape index (κ3) is 4.22. The monoisotopic (exact) mass is 254 g/mol. The van der Waals surface area contributed by atoms with Crippen molar-refractivity contribution in [3.8, 4) is 0 Å². The molecule has 1 heterocycles. The van der Waals surface area contributed by atoms with E-state index in [0.717, 1.165) is 24.9 Å². The minimum atomic E-state index is -0.215. The molecule has 3 unspecified atom stereocenters. The first kappa shape index (κ1) is 14.3. The van der Waals surface area contributed by atoms with Gasteiger partial charge in [0.1, 0.15) is 0 Å². The van der Waals surface area contributed by atoms with E-state index in [1.165, 1.54) is 45.2 Å². The summed E-state index contributed by atoms with van der Waals surface area (Å²) in [4.78, 5) is 2.49. The number of aliphatic hydroxyl groups is 1. The highest BCUT2D eigenvalue weighted by Crippen LogP contribution is 2.35. The van der Waals surface area contributed by atoms with Crippen LogP contribution >= 0.6 is 0 Å². The van der Waals surface area contributed by atoms with Gasteiger partial charge in [0.25, 0.3) is 0 Å². The Balaban J connectivity index is 1.70. The number of aliphatic hydroxyl groups excluding tert-OH is 1. The van der Waals surface area contributed by atoms with Gasteiger partial charge in [0.05, 0.1) is 6.10 Å². The van der Waals surface area contributed by atoms with Gasteiger partial charge in [-0.25, -0.2) is 0 Å². The smallest absolute Gasteiger partial charge is 0.0791 e. The second-order valence-corrected chi connectivity index (χ2v) is 6.57. The summed E-state index contributed by atoms with van der Waals surface area (Å²) >= 11 is 0. The van der Waals surface area contributed by atoms with Crippen LogP contribution < -0.4 is 5.32 Å². The van der Waals surface area contributed by atoms with Crippen LogP contribution in [0, 0.1) is 11.8 Å². The van der Waals surface area contributed by atoms with E-state index in [-0.39, 0.29) is 6.10 Å². The van der Waals surface area contributed by atoms with E-state index < -0.39 is 0 Å². The Kier molecular flexibility index (Phi) is 5.46. The summed E-state index contributed by atoms with van der Waals surface area (Å²) in [5.74, 6) is 1.90. The fourth-order valence-electron chi connectivity index (χ4n) is 3.58. The lowest BCUT2D eigenvalue weighted by atomic mass is 9.75. The molecule has 2 aliphatic rings. The summed E-state index contributed by atoms with van der Waals surface area (Å²) in [5, 5.41) is 13.4. The van der Waals surface area contributed by atoms with Crippen LogP contribution in [0.3, 0.4) is 0 Å². The van der Waals surface area contributed by atoms with E-state index in [9.17, 15) is 5.11 Å². The highest BCUT2D eigenvalue weighted by molar-refractivity contribution is 4.84. The van der Waals surface area contributed by atoms with Gasteiger partial charge in [-0.2, -0.15) is 0 Å². The van der Waals surface area contributed by atoms with Gasteiger partial charge in [-0.3, -0.25) is 0 Å². The summed E-state index contributed by atoms with van der Waals surface area (Å²) in [7, 11) is 0. The van der Waals surface area contributed by atoms with E-state index in [1.54, 1.807) is 0 Å². The van der Waals surface area contributed by atoms with Crippen LogP contribution in [0.1, 0.15) is 46.0 Å². The largest absolute Gasteiger partial charge is 0.390 e. The fourth-order valence-corrected chi connectivity index (χ4v) is 3.58. The molecule has 3 heteroatoms. The van der Waals surface area contributed by atoms with Crippen molar-refractivity contribution in [3.05, 3.63) is 0 Å². The van der Waals surface area contributed by atoms with Crippen molar-refractivity contribution in [1.29, 1.82) is 0 Å². The van der Waals surface area contributed by atoms with Crippen LogP contribution in [0.2, 0.25) is 0 Å². The molecule has 0 bridgehead atoms. The van der Waals surface area contributed by atoms with Crippen LogP contribution in [0.25, 0.3) is 0 Å². The van der Waals surface area contributed by atoms with Crippen molar-refractivity contribution in [2.45, 2.75) is 58.1 Å². The molecule has 2 fully saturated rings. The van der Waals surface area contributed by atoms with Crippen LogP contribution in [-0.4, -0.2) is 48.3 Å². The fraction of sp³-hybridized carbons (Fsp3) is 1.00. The number of likely N-dealkylation sites (tertiary alicyclic amines) is 1. The number of nitrogens with zero attached hydrogens (tertiary/aromatic N) is 1. The van der Waals surface area contributed by atoms with E-state index in [4.69, 9.17) is 0 Å². The Morgan fingerprint density at radius 2 is 1.89 bits per heavy atom. The first-order valence-corrected chi connectivity index (χ1v) is 7.79. The lowest BCUT2D eigenvalue weighted by Gasteiger charge is -2.41. The zero-order chi connectivity index (χ0) is 13.0. The minimum Gasteiger partial charge on any atom is -0.390 e. The van der Waals surface area contributed by atoms with Crippen LogP contribution in [-0.2, 0) is 0 Å². The van der Waals surface area contributed by atoms with Gasteiger partial charge in [-0.15, -0.1) is 0 Å². The molecule has 1 saturated carbocycles. The van der Waals surface area contributed by atoms with E-state index in [1.807, 2.05) is 0 Å². The molecule has 18 heavy (non-hydrogen) atoms. The van der Waals surface area contributed by atoms with Gasteiger partial charge < -0.3 is 15.3 Å². The number of piperidine rings is 1. The Morgan fingerprint density at radius 1 is 1.17 bits per heavy atom. The maximum Gasteiger partial charge on any atom is 0.0791 e. The van der Waals surface area contributed by atoms with Gasteiger partial charge >= 0.3 is 0 Å². The molecular formula is C15H30N2O. The van der Waals surface area contributed by atoms with E-state index >= 15 is 0 Å². The van der Waals surface area contributed by atoms with Crippen molar-refractivity contribution in [1.82, 2.24) is 10.2 Å². The normalized spacial score (nSPS) is 31.3. The SMILES string of the molecule is CC(C)NCC(O)CN1CCC2CCCCC2C1. The van der Waals surface area contributed by atoms with Crippen molar-refractivity contribution >= 4 is 0 Å². The number of hydrogen-bond acceptors (Lipinski definition) is 3.